The van der Waals surface area contributed by atoms with Crippen molar-refractivity contribution in [2.45, 2.75) is 67.1 Å². The minimum atomic E-state index is -0.0581. The molecule has 9 nitrogen and oxygen atoms in total. The van der Waals surface area contributed by atoms with Crippen molar-refractivity contribution in [3.8, 4) is 11.6 Å². The minimum Gasteiger partial charge on any atom is -0.419 e. The molecule has 1 amide bonds. The van der Waals surface area contributed by atoms with Gasteiger partial charge in [-0.15, -0.1) is 10.2 Å². The van der Waals surface area contributed by atoms with E-state index >= 15 is 0 Å². The highest BCUT2D eigenvalue weighted by Gasteiger charge is 2.16. The quantitative estimate of drug-likeness (QED) is 0.638. The van der Waals surface area contributed by atoms with Gasteiger partial charge in [-0.25, -0.2) is 0 Å². The number of hydrogen-bond acceptors (Lipinski definition) is 6. The number of nitrogens with zero attached hydrogens (tertiary/aromatic N) is 6. The molecule has 0 saturated heterocycles. The number of rotatable bonds is 8. The summed E-state index contributed by atoms with van der Waals surface area (Å²) in [6.45, 7) is 12.0. The lowest BCUT2D eigenvalue weighted by molar-refractivity contribution is -0.121. The number of nitrogens with one attached hydrogen (secondary N) is 1. The fourth-order valence-corrected chi connectivity index (χ4v) is 3.21. The molecule has 0 aliphatic carbocycles. The van der Waals surface area contributed by atoms with Crippen molar-refractivity contribution in [2.75, 3.05) is 0 Å². The lowest BCUT2D eigenvalue weighted by atomic mass is 10.2. The molecule has 1 N–H and O–H groups in total. The van der Waals surface area contributed by atoms with Crippen LogP contribution in [0.3, 0.4) is 0 Å². The zero-order chi connectivity index (χ0) is 20.3. The first kappa shape index (κ1) is 19.8. The number of aryl methyl sites for hydroxylation is 5. The number of hydrogen-bond donors (Lipinski definition) is 1. The lowest BCUT2D eigenvalue weighted by Gasteiger charge is -2.05. The number of carbonyl (C=O) groups excluding carboxylic acids is 1. The van der Waals surface area contributed by atoms with Crippen LogP contribution in [0.2, 0.25) is 0 Å². The third kappa shape index (κ3) is 4.13. The summed E-state index contributed by atoms with van der Waals surface area (Å²) < 4.78 is 9.48. The fourth-order valence-electron chi connectivity index (χ4n) is 3.21. The average molecular weight is 385 g/mol. The second-order valence-corrected chi connectivity index (χ2v) is 6.73. The zero-order valence-corrected chi connectivity index (χ0v) is 17.1. The van der Waals surface area contributed by atoms with Crippen LogP contribution in [0.1, 0.15) is 48.8 Å². The normalized spacial score (nSPS) is 11.2. The smallest absolute Gasteiger partial charge is 0.265 e. The Hall–Kier alpha value is -2.97. The van der Waals surface area contributed by atoms with Gasteiger partial charge in [-0.05, 0) is 40.7 Å². The molecule has 0 bridgehead atoms. The summed E-state index contributed by atoms with van der Waals surface area (Å²) >= 11 is 0. The van der Waals surface area contributed by atoms with Gasteiger partial charge in [0, 0.05) is 43.7 Å². The molecule has 28 heavy (non-hydrogen) atoms. The lowest BCUT2D eigenvalue weighted by Crippen LogP contribution is -2.23. The number of aromatic nitrogens is 6. The van der Waals surface area contributed by atoms with E-state index in [0.717, 1.165) is 41.4 Å². The van der Waals surface area contributed by atoms with Crippen LogP contribution in [-0.4, -0.2) is 35.7 Å². The largest absolute Gasteiger partial charge is 0.419 e. The molecule has 0 aliphatic rings. The van der Waals surface area contributed by atoms with E-state index in [0.29, 0.717) is 24.7 Å². The van der Waals surface area contributed by atoms with E-state index < -0.39 is 0 Å². The molecule has 0 spiro atoms. The third-order valence-corrected chi connectivity index (χ3v) is 4.75. The van der Waals surface area contributed by atoms with E-state index in [-0.39, 0.29) is 12.3 Å². The van der Waals surface area contributed by atoms with Gasteiger partial charge in [0.15, 0.2) is 0 Å². The Kier molecular flexibility index (Phi) is 5.91. The highest BCUT2D eigenvalue weighted by atomic mass is 16.4. The molecule has 0 saturated carbocycles. The van der Waals surface area contributed by atoms with E-state index in [4.69, 9.17) is 4.42 Å². The third-order valence-electron chi connectivity index (χ3n) is 4.75. The van der Waals surface area contributed by atoms with Crippen molar-refractivity contribution < 1.29 is 9.21 Å². The van der Waals surface area contributed by atoms with E-state index in [1.54, 1.807) is 0 Å². The summed E-state index contributed by atoms with van der Waals surface area (Å²) in [7, 11) is 0. The topological polar surface area (TPSA) is 104 Å². The molecular formula is C19H27N7O2. The van der Waals surface area contributed by atoms with Crippen LogP contribution in [-0.2, 0) is 30.8 Å². The summed E-state index contributed by atoms with van der Waals surface area (Å²) in [5.41, 5.74) is 4.79. The molecule has 3 aromatic rings. The number of carbonyl (C=O) groups is 1. The van der Waals surface area contributed by atoms with Gasteiger partial charge in [-0.2, -0.15) is 10.2 Å². The molecule has 0 unspecified atom stereocenters. The molecule has 0 radical (unpaired) electrons. The van der Waals surface area contributed by atoms with Crippen molar-refractivity contribution in [2.24, 2.45) is 0 Å². The highest BCUT2D eigenvalue weighted by Crippen LogP contribution is 2.19. The first-order chi connectivity index (χ1) is 13.4. The van der Waals surface area contributed by atoms with Gasteiger partial charge in [0.05, 0.1) is 11.4 Å². The second kappa shape index (κ2) is 8.37. The SMILES string of the molecule is CCn1nc(C)cc1-c1nnc(CCC(=O)NCc2c(C)nn(CC)c2C)o1. The van der Waals surface area contributed by atoms with Crippen molar-refractivity contribution in [1.82, 2.24) is 35.1 Å². The molecule has 3 rings (SSSR count). The van der Waals surface area contributed by atoms with Crippen LogP contribution in [0.4, 0.5) is 0 Å². The van der Waals surface area contributed by atoms with Gasteiger partial charge >= 0.3 is 0 Å². The zero-order valence-electron chi connectivity index (χ0n) is 17.1. The first-order valence-corrected chi connectivity index (χ1v) is 9.59. The summed E-state index contributed by atoms with van der Waals surface area (Å²) in [5, 5.41) is 20.0. The van der Waals surface area contributed by atoms with Gasteiger partial charge in [0.25, 0.3) is 5.89 Å². The number of amides is 1. The summed E-state index contributed by atoms with van der Waals surface area (Å²) in [6, 6.07) is 1.91. The maximum atomic E-state index is 12.2. The molecule has 0 atom stereocenters. The Morgan fingerprint density at radius 1 is 1.11 bits per heavy atom. The Balaban J connectivity index is 1.56. The summed E-state index contributed by atoms with van der Waals surface area (Å²) in [6.07, 6.45) is 0.679. The Labute approximate surface area is 164 Å². The van der Waals surface area contributed by atoms with Crippen LogP contribution >= 0.6 is 0 Å². The van der Waals surface area contributed by atoms with Crippen molar-refractivity contribution in [3.63, 3.8) is 0 Å². The Morgan fingerprint density at radius 2 is 1.86 bits per heavy atom. The van der Waals surface area contributed by atoms with Crippen molar-refractivity contribution >= 4 is 5.91 Å². The molecule has 9 heteroatoms. The standard InChI is InChI=1S/C19H27N7O2/c1-6-25-14(5)15(13(4)24-25)11-20-17(27)8-9-18-21-22-19(28-18)16-10-12(3)23-26(16)7-2/h10H,6-9,11H2,1-5H3,(H,20,27). The molecule has 0 fully saturated rings. The molecule has 3 heterocycles. The highest BCUT2D eigenvalue weighted by molar-refractivity contribution is 5.76. The predicted molar refractivity (Wildman–Crippen MR) is 103 cm³/mol. The van der Waals surface area contributed by atoms with Crippen LogP contribution in [0.15, 0.2) is 10.5 Å². The Morgan fingerprint density at radius 3 is 2.54 bits per heavy atom. The minimum absolute atomic E-state index is 0.0581. The average Bonchev–Trinajstić information content (AvgIpc) is 3.36. The maximum Gasteiger partial charge on any atom is 0.265 e. The van der Waals surface area contributed by atoms with Crippen LogP contribution in [0, 0.1) is 20.8 Å². The van der Waals surface area contributed by atoms with E-state index in [1.165, 1.54) is 0 Å². The molecule has 150 valence electrons. The molecule has 0 aromatic carbocycles. The first-order valence-electron chi connectivity index (χ1n) is 9.59. The molecule has 0 aliphatic heterocycles. The van der Waals surface area contributed by atoms with Gasteiger partial charge in [-0.1, -0.05) is 0 Å². The van der Waals surface area contributed by atoms with Crippen LogP contribution in [0.25, 0.3) is 11.6 Å². The fraction of sp³-hybridized carbons (Fsp3) is 0.526. The van der Waals surface area contributed by atoms with Gasteiger partial charge < -0.3 is 9.73 Å². The predicted octanol–water partition coefficient (Wildman–Crippen LogP) is 2.34. The molecule has 3 aromatic heterocycles. The maximum absolute atomic E-state index is 12.2. The van der Waals surface area contributed by atoms with Crippen LogP contribution < -0.4 is 5.32 Å². The van der Waals surface area contributed by atoms with E-state index in [1.807, 2.05) is 43.1 Å². The van der Waals surface area contributed by atoms with E-state index in [9.17, 15) is 4.79 Å². The summed E-state index contributed by atoms with van der Waals surface area (Å²) in [4.78, 5) is 12.2. The monoisotopic (exact) mass is 385 g/mol. The molecular weight excluding hydrogens is 358 g/mol. The van der Waals surface area contributed by atoms with Crippen molar-refractivity contribution in [1.29, 1.82) is 0 Å². The van der Waals surface area contributed by atoms with Gasteiger partial charge in [-0.3, -0.25) is 14.2 Å². The van der Waals surface area contributed by atoms with Crippen LogP contribution in [0.5, 0.6) is 0 Å². The Bertz CT molecular complexity index is 967. The van der Waals surface area contributed by atoms with Gasteiger partial charge in [0.2, 0.25) is 11.8 Å². The summed E-state index contributed by atoms with van der Waals surface area (Å²) in [5.74, 6) is 0.811. The van der Waals surface area contributed by atoms with E-state index in [2.05, 4.69) is 32.6 Å². The van der Waals surface area contributed by atoms with Crippen molar-refractivity contribution in [3.05, 3.63) is 34.6 Å². The second-order valence-electron chi connectivity index (χ2n) is 6.73. The van der Waals surface area contributed by atoms with Gasteiger partial charge in [0.1, 0.15) is 5.69 Å².